The van der Waals surface area contributed by atoms with Crippen molar-refractivity contribution in [1.82, 2.24) is 10.3 Å². The number of aromatic nitrogens is 1. The second kappa shape index (κ2) is 7.35. The van der Waals surface area contributed by atoms with Gasteiger partial charge in [0.15, 0.2) is 0 Å². The second-order valence-corrected chi connectivity index (χ2v) is 7.08. The fourth-order valence-electron chi connectivity index (χ4n) is 1.79. The van der Waals surface area contributed by atoms with E-state index >= 15 is 0 Å². The molecule has 0 radical (unpaired) electrons. The molecule has 2 rings (SSSR count). The fraction of sp³-hybridized carbons (Fsp3) is 0.400. The van der Waals surface area contributed by atoms with Gasteiger partial charge < -0.3 is 15.2 Å². The Kier molecular flexibility index (Phi) is 5.75. The molecule has 0 saturated heterocycles. The van der Waals surface area contributed by atoms with Gasteiger partial charge >= 0.3 is 0 Å². The number of rotatable bonds is 7. The molecule has 0 amide bonds. The quantitative estimate of drug-likeness (QED) is 0.785. The molecule has 0 spiro atoms. The van der Waals surface area contributed by atoms with Crippen molar-refractivity contribution in [3.05, 3.63) is 45.3 Å². The predicted molar refractivity (Wildman–Crippen MR) is 88.8 cm³/mol. The maximum atomic E-state index is 10.0. The zero-order valence-electron chi connectivity index (χ0n) is 12.0. The molecule has 2 aromatic rings. The van der Waals surface area contributed by atoms with Gasteiger partial charge in [-0.1, -0.05) is 22.0 Å². The summed E-state index contributed by atoms with van der Waals surface area (Å²) in [5, 5.41) is 16.3. The summed E-state index contributed by atoms with van der Waals surface area (Å²) in [6.07, 6.45) is 1.21. The maximum Gasteiger partial charge on any atom is 0.120 e. The molecule has 1 atom stereocenters. The van der Waals surface area contributed by atoms with Crippen molar-refractivity contribution in [2.24, 2.45) is 0 Å². The maximum absolute atomic E-state index is 10.0. The SMILES string of the molecule is CC(C)(NCC(O)COc1cccc(Br)c1)c1nccs1. The lowest BCUT2D eigenvalue weighted by Crippen LogP contribution is -2.42. The molecule has 21 heavy (non-hydrogen) atoms. The average Bonchev–Trinajstić information content (AvgIpc) is 2.98. The lowest BCUT2D eigenvalue weighted by atomic mass is 10.1. The lowest BCUT2D eigenvalue weighted by molar-refractivity contribution is 0.0987. The Balaban J connectivity index is 1.78. The Hall–Kier alpha value is -0.950. The first-order chi connectivity index (χ1) is 9.97. The minimum absolute atomic E-state index is 0.247. The van der Waals surface area contributed by atoms with Crippen LogP contribution in [0.5, 0.6) is 5.75 Å². The predicted octanol–water partition coefficient (Wildman–Crippen LogP) is 3.17. The van der Waals surface area contributed by atoms with Crippen LogP contribution in [0.25, 0.3) is 0 Å². The largest absolute Gasteiger partial charge is 0.491 e. The topological polar surface area (TPSA) is 54.4 Å². The van der Waals surface area contributed by atoms with Crippen molar-refractivity contribution in [3.8, 4) is 5.75 Å². The van der Waals surface area contributed by atoms with Gasteiger partial charge in [-0.05, 0) is 32.0 Å². The van der Waals surface area contributed by atoms with Gasteiger partial charge in [0.25, 0.3) is 0 Å². The van der Waals surface area contributed by atoms with Gasteiger partial charge in [-0.15, -0.1) is 11.3 Å². The summed E-state index contributed by atoms with van der Waals surface area (Å²) in [4.78, 5) is 4.31. The fourth-order valence-corrected chi connectivity index (χ4v) is 2.91. The van der Waals surface area contributed by atoms with Gasteiger partial charge in [0.1, 0.15) is 23.5 Å². The van der Waals surface area contributed by atoms with Crippen molar-refractivity contribution in [1.29, 1.82) is 0 Å². The number of benzene rings is 1. The van der Waals surface area contributed by atoms with E-state index in [0.29, 0.717) is 6.54 Å². The standard InChI is InChI=1S/C15H19BrN2O2S/c1-15(2,14-17-6-7-21-14)18-9-12(19)10-20-13-5-3-4-11(16)8-13/h3-8,12,18-19H,9-10H2,1-2H3. The molecule has 1 heterocycles. The third-order valence-corrected chi connectivity index (χ3v) is 4.58. The number of hydrogen-bond donors (Lipinski definition) is 2. The summed E-state index contributed by atoms with van der Waals surface area (Å²) in [5.74, 6) is 0.739. The summed E-state index contributed by atoms with van der Waals surface area (Å²) in [5.41, 5.74) is -0.259. The zero-order valence-corrected chi connectivity index (χ0v) is 14.4. The first kappa shape index (κ1) is 16.4. The van der Waals surface area contributed by atoms with Gasteiger partial charge in [-0.25, -0.2) is 4.98 Å². The van der Waals surface area contributed by atoms with E-state index in [1.165, 1.54) is 0 Å². The van der Waals surface area contributed by atoms with E-state index in [9.17, 15) is 5.11 Å². The van der Waals surface area contributed by atoms with E-state index in [4.69, 9.17) is 4.74 Å². The third kappa shape index (κ3) is 5.07. The molecule has 1 unspecified atom stereocenters. The Morgan fingerprint density at radius 3 is 2.95 bits per heavy atom. The van der Waals surface area contributed by atoms with E-state index in [-0.39, 0.29) is 12.1 Å². The first-order valence-electron chi connectivity index (χ1n) is 6.69. The van der Waals surface area contributed by atoms with Crippen LogP contribution in [0.15, 0.2) is 40.3 Å². The van der Waals surface area contributed by atoms with Crippen LogP contribution in [-0.2, 0) is 5.54 Å². The van der Waals surface area contributed by atoms with E-state index in [1.54, 1.807) is 17.5 Å². The van der Waals surface area contributed by atoms with Crippen molar-refractivity contribution < 1.29 is 9.84 Å². The van der Waals surface area contributed by atoms with E-state index in [1.807, 2.05) is 43.5 Å². The smallest absolute Gasteiger partial charge is 0.120 e. The number of hydrogen-bond acceptors (Lipinski definition) is 5. The van der Waals surface area contributed by atoms with Crippen LogP contribution in [0.4, 0.5) is 0 Å². The summed E-state index contributed by atoms with van der Waals surface area (Å²) >= 11 is 4.99. The van der Waals surface area contributed by atoms with Crippen LogP contribution in [0.1, 0.15) is 18.9 Å². The Labute approximate surface area is 137 Å². The second-order valence-electron chi connectivity index (χ2n) is 5.27. The molecule has 2 N–H and O–H groups in total. The molecule has 1 aromatic carbocycles. The zero-order chi connectivity index (χ0) is 15.3. The molecule has 114 valence electrons. The molecule has 6 heteroatoms. The van der Waals surface area contributed by atoms with Crippen molar-refractivity contribution in [3.63, 3.8) is 0 Å². The molecular weight excluding hydrogens is 352 g/mol. The number of nitrogens with one attached hydrogen (secondary N) is 1. The van der Waals surface area contributed by atoms with Gasteiger partial charge in [0, 0.05) is 22.6 Å². The Bertz CT molecular complexity index is 561. The molecule has 4 nitrogen and oxygen atoms in total. The van der Waals surface area contributed by atoms with Gasteiger partial charge in [0.05, 0.1) is 5.54 Å². The highest BCUT2D eigenvalue weighted by Crippen LogP contribution is 2.22. The van der Waals surface area contributed by atoms with E-state index in [0.717, 1.165) is 15.2 Å². The summed E-state index contributed by atoms with van der Waals surface area (Å²) in [7, 11) is 0. The van der Waals surface area contributed by atoms with E-state index in [2.05, 4.69) is 26.2 Å². The average molecular weight is 371 g/mol. The molecule has 0 fully saturated rings. The normalized spacial score (nSPS) is 13.1. The van der Waals surface area contributed by atoms with Crippen LogP contribution < -0.4 is 10.1 Å². The lowest BCUT2D eigenvalue weighted by Gasteiger charge is -2.25. The molecule has 0 bridgehead atoms. The Morgan fingerprint density at radius 1 is 1.48 bits per heavy atom. The number of ether oxygens (including phenoxy) is 1. The minimum Gasteiger partial charge on any atom is -0.491 e. The molecule has 0 aliphatic heterocycles. The van der Waals surface area contributed by atoms with Crippen molar-refractivity contribution in [2.75, 3.05) is 13.2 Å². The first-order valence-corrected chi connectivity index (χ1v) is 8.36. The molecule has 0 aliphatic carbocycles. The summed E-state index contributed by atoms with van der Waals surface area (Å²) in [6.45, 7) is 4.79. The summed E-state index contributed by atoms with van der Waals surface area (Å²) in [6, 6.07) is 7.57. The van der Waals surface area contributed by atoms with Gasteiger partial charge in [0.2, 0.25) is 0 Å². The van der Waals surface area contributed by atoms with E-state index < -0.39 is 6.10 Å². The number of nitrogens with zero attached hydrogens (tertiary/aromatic N) is 1. The highest BCUT2D eigenvalue weighted by Gasteiger charge is 2.23. The monoisotopic (exact) mass is 370 g/mol. The highest BCUT2D eigenvalue weighted by molar-refractivity contribution is 9.10. The number of aliphatic hydroxyl groups excluding tert-OH is 1. The van der Waals surface area contributed by atoms with Crippen molar-refractivity contribution in [2.45, 2.75) is 25.5 Å². The summed E-state index contributed by atoms with van der Waals surface area (Å²) < 4.78 is 6.53. The van der Waals surface area contributed by atoms with Crippen molar-refractivity contribution >= 4 is 27.3 Å². The number of halogens is 1. The third-order valence-electron chi connectivity index (χ3n) is 2.99. The Morgan fingerprint density at radius 2 is 2.29 bits per heavy atom. The van der Waals surface area contributed by atoms with Crippen LogP contribution >= 0.6 is 27.3 Å². The molecule has 0 aliphatic rings. The van der Waals surface area contributed by atoms with Crippen LogP contribution in [0.3, 0.4) is 0 Å². The van der Waals surface area contributed by atoms with Crippen LogP contribution in [0, 0.1) is 0 Å². The highest BCUT2D eigenvalue weighted by atomic mass is 79.9. The molecule has 1 aromatic heterocycles. The van der Waals surface area contributed by atoms with Crippen LogP contribution in [0.2, 0.25) is 0 Å². The van der Waals surface area contributed by atoms with Gasteiger partial charge in [-0.2, -0.15) is 0 Å². The minimum atomic E-state index is -0.580. The molecular formula is C15H19BrN2O2S. The molecule has 0 saturated carbocycles. The number of thiazole rings is 1. The number of aliphatic hydroxyl groups is 1. The van der Waals surface area contributed by atoms with Gasteiger partial charge in [-0.3, -0.25) is 0 Å². The van der Waals surface area contributed by atoms with Crippen LogP contribution in [-0.4, -0.2) is 29.3 Å².